The Morgan fingerprint density at radius 2 is 2.41 bits per heavy atom. The molecule has 0 aromatic carbocycles. The molecule has 0 spiro atoms. The standard InChI is InChI=1S/C13H17N3O/c1-13(2)12-11(5-6-15-13)16(9-14-12)8-10-4-3-7-17-10/h3-4,7,9,15H,5-6,8H2,1-2H3. The molecule has 0 unspecified atom stereocenters. The van der Waals surface area contributed by atoms with Crippen molar-refractivity contribution in [3.05, 3.63) is 41.9 Å². The molecule has 0 saturated heterocycles. The zero-order valence-corrected chi connectivity index (χ0v) is 10.2. The fourth-order valence-corrected chi connectivity index (χ4v) is 2.48. The second-order valence-corrected chi connectivity index (χ2v) is 5.05. The molecule has 0 atom stereocenters. The molecule has 3 rings (SSSR count). The van der Waals surface area contributed by atoms with E-state index < -0.39 is 0 Å². The summed E-state index contributed by atoms with van der Waals surface area (Å²) in [6.45, 7) is 6.12. The van der Waals surface area contributed by atoms with Crippen LogP contribution in [0.4, 0.5) is 0 Å². The average Bonchev–Trinajstić information content (AvgIpc) is 2.89. The minimum absolute atomic E-state index is 0.0258. The fourth-order valence-electron chi connectivity index (χ4n) is 2.48. The van der Waals surface area contributed by atoms with E-state index in [1.807, 2.05) is 18.5 Å². The minimum atomic E-state index is -0.0258. The van der Waals surface area contributed by atoms with E-state index in [9.17, 15) is 0 Å². The van der Waals surface area contributed by atoms with Crippen molar-refractivity contribution in [2.75, 3.05) is 6.54 Å². The van der Waals surface area contributed by atoms with Gasteiger partial charge in [-0.1, -0.05) is 0 Å². The zero-order chi connectivity index (χ0) is 11.9. The second-order valence-electron chi connectivity index (χ2n) is 5.05. The van der Waals surface area contributed by atoms with Gasteiger partial charge < -0.3 is 14.3 Å². The number of aromatic nitrogens is 2. The lowest BCUT2D eigenvalue weighted by molar-refractivity contribution is 0.366. The summed E-state index contributed by atoms with van der Waals surface area (Å²) in [5.41, 5.74) is 2.46. The summed E-state index contributed by atoms with van der Waals surface area (Å²) < 4.78 is 7.58. The number of nitrogens with zero attached hydrogens (tertiary/aromatic N) is 2. The number of rotatable bonds is 2. The molecule has 1 aliphatic heterocycles. The van der Waals surface area contributed by atoms with Gasteiger partial charge in [-0.05, 0) is 26.0 Å². The van der Waals surface area contributed by atoms with E-state index >= 15 is 0 Å². The van der Waals surface area contributed by atoms with Crippen LogP contribution in [0.3, 0.4) is 0 Å². The van der Waals surface area contributed by atoms with Gasteiger partial charge >= 0.3 is 0 Å². The van der Waals surface area contributed by atoms with Crippen LogP contribution in [0.25, 0.3) is 0 Å². The van der Waals surface area contributed by atoms with E-state index in [-0.39, 0.29) is 5.54 Å². The van der Waals surface area contributed by atoms with Crippen molar-refractivity contribution in [2.45, 2.75) is 32.4 Å². The molecule has 2 aromatic rings. The highest BCUT2D eigenvalue weighted by atomic mass is 16.3. The molecule has 2 aromatic heterocycles. The molecule has 1 N–H and O–H groups in total. The van der Waals surface area contributed by atoms with Gasteiger partial charge in [0.1, 0.15) is 5.76 Å². The third-order valence-electron chi connectivity index (χ3n) is 3.37. The molecule has 4 nitrogen and oxygen atoms in total. The maximum atomic E-state index is 5.39. The lowest BCUT2D eigenvalue weighted by Gasteiger charge is -2.30. The van der Waals surface area contributed by atoms with Crippen molar-refractivity contribution in [1.82, 2.24) is 14.9 Å². The van der Waals surface area contributed by atoms with E-state index in [2.05, 4.69) is 28.7 Å². The molecule has 0 fully saturated rings. The first-order valence-corrected chi connectivity index (χ1v) is 5.99. The van der Waals surface area contributed by atoms with Crippen LogP contribution in [0.5, 0.6) is 0 Å². The summed E-state index contributed by atoms with van der Waals surface area (Å²) in [6, 6.07) is 3.92. The second kappa shape index (κ2) is 3.74. The summed E-state index contributed by atoms with van der Waals surface area (Å²) in [4.78, 5) is 4.55. The highest BCUT2D eigenvalue weighted by Gasteiger charge is 2.30. The van der Waals surface area contributed by atoms with Crippen LogP contribution in [0.2, 0.25) is 0 Å². The number of fused-ring (bicyclic) bond motifs is 1. The van der Waals surface area contributed by atoms with Gasteiger partial charge in [0.05, 0.1) is 30.4 Å². The van der Waals surface area contributed by atoms with Crippen LogP contribution in [0, 0.1) is 0 Å². The van der Waals surface area contributed by atoms with Crippen LogP contribution >= 0.6 is 0 Å². The van der Waals surface area contributed by atoms with Crippen LogP contribution in [-0.2, 0) is 18.5 Å². The molecule has 17 heavy (non-hydrogen) atoms. The summed E-state index contributed by atoms with van der Waals surface area (Å²) in [5, 5.41) is 3.49. The highest BCUT2D eigenvalue weighted by molar-refractivity contribution is 5.25. The molecule has 0 bridgehead atoms. The molecule has 0 saturated carbocycles. The van der Waals surface area contributed by atoms with Crippen LogP contribution in [-0.4, -0.2) is 16.1 Å². The summed E-state index contributed by atoms with van der Waals surface area (Å²) in [7, 11) is 0. The molecule has 3 heterocycles. The molecule has 0 aliphatic carbocycles. The zero-order valence-electron chi connectivity index (χ0n) is 10.2. The maximum absolute atomic E-state index is 5.39. The summed E-state index contributed by atoms with van der Waals surface area (Å²) in [6.07, 6.45) is 4.66. The molecule has 0 amide bonds. The van der Waals surface area contributed by atoms with Gasteiger partial charge in [0.2, 0.25) is 0 Å². The molecular formula is C13H17N3O. The lowest BCUT2D eigenvalue weighted by Crippen LogP contribution is -2.43. The molecule has 0 radical (unpaired) electrons. The Kier molecular flexibility index (Phi) is 2.33. The van der Waals surface area contributed by atoms with Crippen LogP contribution < -0.4 is 5.32 Å². The molecule has 1 aliphatic rings. The van der Waals surface area contributed by atoms with Crippen molar-refractivity contribution in [3.63, 3.8) is 0 Å². The topological polar surface area (TPSA) is 43.0 Å². The fraction of sp³-hybridized carbons (Fsp3) is 0.462. The Bertz CT molecular complexity index is 511. The van der Waals surface area contributed by atoms with Gasteiger partial charge in [0.25, 0.3) is 0 Å². The predicted octanol–water partition coefficient (Wildman–Crippen LogP) is 1.91. The third kappa shape index (κ3) is 1.78. The summed E-state index contributed by atoms with van der Waals surface area (Å²) in [5.74, 6) is 0.974. The van der Waals surface area contributed by atoms with Crippen molar-refractivity contribution < 1.29 is 4.42 Å². The monoisotopic (exact) mass is 231 g/mol. The van der Waals surface area contributed by atoms with Crippen molar-refractivity contribution in [2.24, 2.45) is 0 Å². The summed E-state index contributed by atoms with van der Waals surface area (Å²) >= 11 is 0. The van der Waals surface area contributed by atoms with Crippen LogP contribution in [0.1, 0.15) is 31.0 Å². The van der Waals surface area contributed by atoms with Gasteiger partial charge in [-0.3, -0.25) is 0 Å². The molecule has 4 heteroatoms. The SMILES string of the molecule is CC1(C)NCCc2c1ncn2Cc1ccco1. The molecule has 90 valence electrons. The number of hydrogen-bond donors (Lipinski definition) is 1. The Balaban J connectivity index is 1.95. The maximum Gasteiger partial charge on any atom is 0.123 e. The Morgan fingerprint density at radius 3 is 3.18 bits per heavy atom. The normalized spacial score (nSPS) is 18.0. The Labute approximate surface area is 101 Å². The number of furan rings is 1. The third-order valence-corrected chi connectivity index (χ3v) is 3.37. The number of nitrogens with one attached hydrogen (secondary N) is 1. The van der Waals surface area contributed by atoms with E-state index in [1.54, 1.807) is 6.26 Å². The quantitative estimate of drug-likeness (QED) is 0.858. The first kappa shape index (κ1) is 10.6. The van der Waals surface area contributed by atoms with Gasteiger partial charge in [-0.2, -0.15) is 0 Å². The minimum Gasteiger partial charge on any atom is -0.467 e. The number of hydrogen-bond acceptors (Lipinski definition) is 3. The average molecular weight is 231 g/mol. The predicted molar refractivity (Wildman–Crippen MR) is 64.8 cm³/mol. The van der Waals surface area contributed by atoms with Crippen molar-refractivity contribution in [1.29, 1.82) is 0 Å². The van der Waals surface area contributed by atoms with E-state index in [1.165, 1.54) is 5.69 Å². The van der Waals surface area contributed by atoms with Crippen LogP contribution in [0.15, 0.2) is 29.1 Å². The largest absolute Gasteiger partial charge is 0.467 e. The van der Waals surface area contributed by atoms with E-state index in [0.717, 1.165) is 31.0 Å². The first-order chi connectivity index (χ1) is 8.17. The van der Waals surface area contributed by atoms with Gasteiger partial charge in [0, 0.05) is 18.7 Å². The smallest absolute Gasteiger partial charge is 0.123 e. The highest BCUT2D eigenvalue weighted by Crippen LogP contribution is 2.26. The Hall–Kier alpha value is -1.55. The van der Waals surface area contributed by atoms with E-state index in [4.69, 9.17) is 4.42 Å². The van der Waals surface area contributed by atoms with Gasteiger partial charge in [0.15, 0.2) is 0 Å². The number of imidazole rings is 1. The van der Waals surface area contributed by atoms with Crippen molar-refractivity contribution in [3.8, 4) is 0 Å². The first-order valence-electron chi connectivity index (χ1n) is 5.99. The van der Waals surface area contributed by atoms with Gasteiger partial charge in [-0.25, -0.2) is 4.98 Å². The molecular weight excluding hydrogens is 214 g/mol. The lowest BCUT2D eigenvalue weighted by atomic mass is 9.94. The van der Waals surface area contributed by atoms with Gasteiger partial charge in [-0.15, -0.1) is 0 Å². The van der Waals surface area contributed by atoms with Crippen molar-refractivity contribution >= 4 is 0 Å². The Morgan fingerprint density at radius 1 is 1.53 bits per heavy atom. The van der Waals surface area contributed by atoms with E-state index in [0.29, 0.717) is 0 Å².